The third-order valence-electron chi connectivity index (χ3n) is 3.69. The molecule has 0 aliphatic rings. The number of rotatable bonds is 8. The van der Waals surface area contributed by atoms with Crippen LogP contribution in [0.15, 0.2) is 42.5 Å². The van der Waals surface area contributed by atoms with Crippen LogP contribution in [0.3, 0.4) is 0 Å². The summed E-state index contributed by atoms with van der Waals surface area (Å²) in [5.74, 6) is 0.291. The highest BCUT2D eigenvalue weighted by atomic mass is 35.5. The number of amides is 2. The summed E-state index contributed by atoms with van der Waals surface area (Å²) >= 11 is 11.9. The van der Waals surface area contributed by atoms with E-state index in [9.17, 15) is 9.59 Å². The second-order valence-corrected chi connectivity index (χ2v) is 6.81. The molecule has 0 aromatic heterocycles. The number of anilines is 1. The fourth-order valence-electron chi connectivity index (χ4n) is 2.34. The average molecular weight is 410 g/mol. The quantitative estimate of drug-likeness (QED) is 0.702. The maximum absolute atomic E-state index is 12.1. The molecular weight excluding hydrogens is 389 g/mol. The van der Waals surface area contributed by atoms with Gasteiger partial charge in [0.05, 0.1) is 20.2 Å². The zero-order chi connectivity index (χ0) is 19.8. The molecule has 6 nitrogen and oxygen atoms in total. The Bertz CT molecular complexity index is 797. The van der Waals surface area contributed by atoms with E-state index in [-0.39, 0.29) is 24.9 Å². The Kier molecular flexibility index (Phi) is 7.91. The number of carbonyl (C=O) groups excluding carboxylic acids is 2. The molecule has 2 amide bonds. The molecule has 2 N–H and O–H groups in total. The van der Waals surface area contributed by atoms with Gasteiger partial charge in [0.25, 0.3) is 0 Å². The Morgan fingerprint density at radius 1 is 1.04 bits per heavy atom. The van der Waals surface area contributed by atoms with Crippen molar-refractivity contribution >= 4 is 40.7 Å². The van der Waals surface area contributed by atoms with Crippen molar-refractivity contribution in [3.05, 3.63) is 58.1 Å². The zero-order valence-corrected chi connectivity index (χ0v) is 16.6. The number of likely N-dealkylation sites (N-methyl/N-ethyl adjacent to an activating group) is 1. The minimum atomic E-state index is -0.212. The topological polar surface area (TPSA) is 70.7 Å². The number of halogens is 2. The molecule has 2 aromatic rings. The number of ether oxygens (including phenoxy) is 1. The maximum atomic E-state index is 12.1. The zero-order valence-electron chi connectivity index (χ0n) is 15.1. The smallest absolute Gasteiger partial charge is 0.238 e. The van der Waals surface area contributed by atoms with Gasteiger partial charge >= 0.3 is 0 Å². The van der Waals surface area contributed by atoms with Crippen molar-refractivity contribution in [3.8, 4) is 5.75 Å². The highest BCUT2D eigenvalue weighted by Crippen LogP contribution is 2.20. The third kappa shape index (κ3) is 7.09. The number of methoxy groups -OCH3 is 1. The summed E-state index contributed by atoms with van der Waals surface area (Å²) in [7, 11) is 3.27. The molecule has 27 heavy (non-hydrogen) atoms. The Balaban J connectivity index is 1.75. The lowest BCUT2D eigenvalue weighted by molar-refractivity contribution is -0.123. The minimum absolute atomic E-state index is 0.0845. The van der Waals surface area contributed by atoms with Crippen molar-refractivity contribution < 1.29 is 14.3 Å². The number of nitrogens with zero attached hydrogens (tertiary/aromatic N) is 1. The molecule has 0 atom stereocenters. The SMILES string of the molecule is COc1ccc(NC(=O)CN(C)CC(=O)NCc2ccc(Cl)cc2Cl)cc1. The van der Waals surface area contributed by atoms with E-state index in [2.05, 4.69) is 10.6 Å². The highest BCUT2D eigenvalue weighted by molar-refractivity contribution is 6.35. The summed E-state index contributed by atoms with van der Waals surface area (Å²) in [4.78, 5) is 25.7. The van der Waals surface area contributed by atoms with Crippen molar-refractivity contribution in [3.63, 3.8) is 0 Å². The van der Waals surface area contributed by atoms with Crippen molar-refractivity contribution in [2.24, 2.45) is 0 Å². The monoisotopic (exact) mass is 409 g/mol. The molecule has 0 fully saturated rings. The van der Waals surface area contributed by atoms with Crippen LogP contribution in [0.4, 0.5) is 5.69 Å². The fourth-order valence-corrected chi connectivity index (χ4v) is 2.81. The first-order valence-electron chi connectivity index (χ1n) is 8.20. The van der Waals surface area contributed by atoms with Gasteiger partial charge in [-0.1, -0.05) is 29.3 Å². The lowest BCUT2D eigenvalue weighted by atomic mass is 10.2. The second-order valence-electron chi connectivity index (χ2n) is 5.96. The number of hydrogen-bond acceptors (Lipinski definition) is 4. The van der Waals surface area contributed by atoms with Crippen LogP contribution in [0.5, 0.6) is 5.75 Å². The van der Waals surface area contributed by atoms with E-state index in [1.54, 1.807) is 61.5 Å². The molecule has 0 aliphatic heterocycles. The van der Waals surface area contributed by atoms with Gasteiger partial charge in [0.2, 0.25) is 11.8 Å². The van der Waals surface area contributed by atoms with Crippen LogP contribution in [0, 0.1) is 0 Å². The Labute approximate surface area is 168 Å². The highest BCUT2D eigenvalue weighted by Gasteiger charge is 2.11. The Morgan fingerprint density at radius 3 is 2.33 bits per heavy atom. The molecule has 0 bridgehead atoms. The average Bonchev–Trinajstić information content (AvgIpc) is 2.61. The first kappa shape index (κ1) is 21.0. The van der Waals surface area contributed by atoms with Crippen LogP contribution in [-0.4, -0.2) is 44.0 Å². The van der Waals surface area contributed by atoms with Crippen LogP contribution < -0.4 is 15.4 Å². The van der Waals surface area contributed by atoms with E-state index in [0.29, 0.717) is 28.0 Å². The molecule has 0 saturated carbocycles. The number of nitrogens with one attached hydrogen (secondary N) is 2. The van der Waals surface area contributed by atoms with E-state index in [0.717, 1.165) is 5.56 Å². The summed E-state index contributed by atoms with van der Waals surface area (Å²) < 4.78 is 5.07. The molecule has 8 heteroatoms. The number of carbonyl (C=O) groups is 2. The largest absolute Gasteiger partial charge is 0.497 e. The molecule has 0 aliphatic carbocycles. The maximum Gasteiger partial charge on any atom is 0.238 e. The normalized spacial score (nSPS) is 10.6. The van der Waals surface area contributed by atoms with Crippen LogP contribution in [0.1, 0.15) is 5.56 Å². The summed E-state index contributed by atoms with van der Waals surface area (Å²) in [6.07, 6.45) is 0. The van der Waals surface area contributed by atoms with Gasteiger partial charge in [0.15, 0.2) is 0 Å². The van der Waals surface area contributed by atoms with Crippen molar-refractivity contribution in [2.75, 3.05) is 32.6 Å². The Hall–Kier alpha value is -2.28. The van der Waals surface area contributed by atoms with Gasteiger partial charge in [-0.25, -0.2) is 0 Å². The van der Waals surface area contributed by atoms with Crippen LogP contribution in [0.2, 0.25) is 10.0 Å². The molecule has 0 heterocycles. The first-order chi connectivity index (χ1) is 12.9. The second kappa shape index (κ2) is 10.2. The third-order valence-corrected chi connectivity index (χ3v) is 4.28. The van der Waals surface area contributed by atoms with E-state index in [1.165, 1.54) is 0 Å². The lowest BCUT2D eigenvalue weighted by Crippen LogP contribution is -2.38. The van der Waals surface area contributed by atoms with E-state index < -0.39 is 0 Å². The van der Waals surface area contributed by atoms with Crippen molar-refractivity contribution in [2.45, 2.75) is 6.54 Å². The van der Waals surface area contributed by atoms with Gasteiger partial charge < -0.3 is 15.4 Å². The van der Waals surface area contributed by atoms with Crippen LogP contribution in [-0.2, 0) is 16.1 Å². The van der Waals surface area contributed by atoms with Gasteiger partial charge in [0.1, 0.15) is 5.75 Å². The predicted molar refractivity (Wildman–Crippen MR) is 107 cm³/mol. The molecule has 0 unspecified atom stereocenters. The molecule has 2 rings (SSSR count). The number of hydrogen-bond donors (Lipinski definition) is 2. The summed E-state index contributed by atoms with van der Waals surface area (Å²) in [5, 5.41) is 6.58. The lowest BCUT2D eigenvalue weighted by Gasteiger charge is -2.16. The molecule has 0 radical (unpaired) electrons. The Morgan fingerprint density at radius 2 is 1.70 bits per heavy atom. The van der Waals surface area contributed by atoms with Gasteiger partial charge in [0, 0.05) is 22.3 Å². The van der Waals surface area contributed by atoms with E-state index >= 15 is 0 Å². The first-order valence-corrected chi connectivity index (χ1v) is 8.96. The molecule has 0 saturated heterocycles. The van der Waals surface area contributed by atoms with Gasteiger partial charge in [-0.2, -0.15) is 0 Å². The van der Waals surface area contributed by atoms with E-state index in [1.807, 2.05) is 0 Å². The predicted octanol–water partition coefficient (Wildman–Crippen LogP) is 3.19. The molecule has 2 aromatic carbocycles. The van der Waals surface area contributed by atoms with E-state index in [4.69, 9.17) is 27.9 Å². The number of benzene rings is 2. The summed E-state index contributed by atoms with van der Waals surface area (Å²) in [6.45, 7) is 0.461. The van der Waals surface area contributed by atoms with Crippen LogP contribution >= 0.6 is 23.2 Å². The van der Waals surface area contributed by atoms with Crippen LogP contribution in [0.25, 0.3) is 0 Å². The van der Waals surface area contributed by atoms with Gasteiger partial charge in [-0.15, -0.1) is 0 Å². The fraction of sp³-hybridized carbons (Fsp3) is 0.263. The standard InChI is InChI=1S/C19H21Cl2N3O3/c1-24(12-19(26)23-15-5-7-16(27-2)8-6-15)11-18(25)22-10-13-3-4-14(20)9-17(13)21/h3-9H,10-12H2,1-2H3,(H,22,25)(H,23,26). The summed E-state index contributed by atoms with van der Waals surface area (Å²) in [6, 6.07) is 12.1. The minimum Gasteiger partial charge on any atom is -0.497 e. The van der Waals surface area contributed by atoms with Crippen molar-refractivity contribution in [1.82, 2.24) is 10.2 Å². The molecule has 0 spiro atoms. The molecular formula is C19H21Cl2N3O3. The molecule has 144 valence electrons. The summed E-state index contributed by atoms with van der Waals surface area (Å²) in [5.41, 5.74) is 1.44. The van der Waals surface area contributed by atoms with Gasteiger partial charge in [-0.3, -0.25) is 14.5 Å². The van der Waals surface area contributed by atoms with Crippen molar-refractivity contribution in [1.29, 1.82) is 0 Å². The van der Waals surface area contributed by atoms with Gasteiger partial charge in [-0.05, 0) is 49.0 Å².